The molecule has 4 rings (SSSR count). The Balaban J connectivity index is 1.38. The van der Waals surface area contributed by atoms with E-state index >= 15 is 0 Å². The first-order chi connectivity index (χ1) is 14.3. The van der Waals surface area contributed by atoms with Gasteiger partial charge in [-0.2, -0.15) is 0 Å². The molecule has 0 saturated carbocycles. The summed E-state index contributed by atoms with van der Waals surface area (Å²) in [5, 5.41) is 0. The molecule has 29 heavy (non-hydrogen) atoms. The zero-order valence-electron chi connectivity index (χ0n) is 16.2. The Morgan fingerprint density at radius 1 is 1.07 bits per heavy atom. The number of aromatic nitrogens is 5. The molecule has 4 aromatic rings. The highest BCUT2D eigenvalue weighted by molar-refractivity contribution is 5.77. The van der Waals surface area contributed by atoms with Crippen molar-refractivity contribution in [3.05, 3.63) is 78.9 Å². The van der Waals surface area contributed by atoms with Crippen LogP contribution in [0.2, 0.25) is 0 Å². The summed E-state index contributed by atoms with van der Waals surface area (Å²) in [4.78, 5) is 30.9. The lowest BCUT2D eigenvalue weighted by molar-refractivity contribution is -0.131. The van der Waals surface area contributed by atoms with Gasteiger partial charge in [0.2, 0.25) is 5.91 Å². The van der Waals surface area contributed by atoms with Gasteiger partial charge in [0.25, 0.3) is 0 Å². The van der Waals surface area contributed by atoms with Crippen molar-refractivity contribution in [2.24, 2.45) is 0 Å². The minimum absolute atomic E-state index is 0.132. The van der Waals surface area contributed by atoms with Crippen LogP contribution in [0.25, 0.3) is 11.0 Å². The van der Waals surface area contributed by atoms with E-state index in [9.17, 15) is 4.79 Å². The fourth-order valence-electron chi connectivity index (χ4n) is 3.37. The average Bonchev–Trinajstić information content (AvgIpc) is 3.41. The monoisotopic (exact) mass is 388 g/mol. The SMILES string of the molecule is O=C(CCc1nc2ccccc2[nH]1)N(CCCn1ccnc1)Cc1ccncc1. The third-order valence-corrected chi connectivity index (χ3v) is 4.89. The van der Waals surface area contributed by atoms with E-state index in [4.69, 9.17) is 0 Å². The zero-order valence-corrected chi connectivity index (χ0v) is 16.2. The van der Waals surface area contributed by atoms with Crippen LogP contribution >= 0.6 is 0 Å². The van der Waals surface area contributed by atoms with E-state index in [1.165, 1.54) is 0 Å². The predicted octanol–water partition coefficient (Wildman–Crippen LogP) is 3.21. The molecular weight excluding hydrogens is 364 g/mol. The van der Waals surface area contributed by atoms with E-state index in [1.54, 1.807) is 24.9 Å². The molecule has 0 spiro atoms. The standard InChI is InChI=1S/C22H24N6O/c29-22(7-6-21-25-19-4-1-2-5-20(19)26-21)28(16-18-8-10-23-11-9-18)14-3-13-27-15-12-24-17-27/h1-2,4-5,8-12,15,17H,3,6-7,13-14,16H2,(H,25,26). The summed E-state index contributed by atoms with van der Waals surface area (Å²) in [6.07, 6.45) is 10.9. The average molecular weight is 388 g/mol. The zero-order chi connectivity index (χ0) is 19.9. The molecule has 1 N–H and O–H groups in total. The van der Waals surface area contributed by atoms with E-state index < -0.39 is 0 Å². The number of rotatable bonds is 9. The Morgan fingerprint density at radius 2 is 1.93 bits per heavy atom. The Bertz CT molecular complexity index is 1010. The predicted molar refractivity (Wildman–Crippen MR) is 111 cm³/mol. The second-order valence-corrected chi connectivity index (χ2v) is 7.03. The van der Waals surface area contributed by atoms with Crippen molar-refractivity contribution in [1.82, 2.24) is 29.4 Å². The van der Waals surface area contributed by atoms with Gasteiger partial charge in [0.05, 0.1) is 17.4 Å². The summed E-state index contributed by atoms with van der Waals surface area (Å²) in [5.74, 6) is 0.981. The molecule has 1 aromatic carbocycles. The molecule has 1 amide bonds. The van der Waals surface area contributed by atoms with E-state index in [1.807, 2.05) is 52.1 Å². The maximum atomic E-state index is 13.0. The third kappa shape index (κ3) is 5.07. The summed E-state index contributed by atoms with van der Waals surface area (Å²) >= 11 is 0. The molecule has 0 bridgehead atoms. The van der Waals surface area contributed by atoms with Crippen LogP contribution in [0.5, 0.6) is 0 Å². The lowest BCUT2D eigenvalue weighted by atomic mass is 10.2. The van der Waals surface area contributed by atoms with Gasteiger partial charge >= 0.3 is 0 Å². The van der Waals surface area contributed by atoms with Gasteiger partial charge in [-0.05, 0) is 36.2 Å². The van der Waals surface area contributed by atoms with Crippen molar-refractivity contribution in [3.8, 4) is 0 Å². The van der Waals surface area contributed by atoms with E-state index in [0.29, 0.717) is 25.9 Å². The lowest BCUT2D eigenvalue weighted by Crippen LogP contribution is -2.32. The Morgan fingerprint density at radius 3 is 2.72 bits per heavy atom. The smallest absolute Gasteiger partial charge is 0.223 e. The van der Waals surface area contributed by atoms with Gasteiger partial charge in [-0.25, -0.2) is 9.97 Å². The van der Waals surface area contributed by atoms with E-state index in [0.717, 1.165) is 35.4 Å². The fraction of sp³-hybridized carbons (Fsp3) is 0.273. The topological polar surface area (TPSA) is 79.7 Å². The van der Waals surface area contributed by atoms with Crippen molar-refractivity contribution in [1.29, 1.82) is 0 Å². The van der Waals surface area contributed by atoms with Gasteiger partial charge < -0.3 is 14.5 Å². The number of amides is 1. The maximum Gasteiger partial charge on any atom is 0.223 e. The van der Waals surface area contributed by atoms with Crippen LogP contribution in [-0.2, 0) is 24.3 Å². The van der Waals surface area contributed by atoms with Crippen molar-refractivity contribution < 1.29 is 4.79 Å². The van der Waals surface area contributed by atoms with Crippen LogP contribution in [0.15, 0.2) is 67.5 Å². The number of aromatic amines is 1. The second kappa shape index (κ2) is 9.14. The minimum Gasteiger partial charge on any atom is -0.342 e. The largest absolute Gasteiger partial charge is 0.342 e. The molecule has 148 valence electrons. The number of nitrogens with zero attached hydrogens (tertiary/aromatic N) is 5. The number of carbonyl (C=O) groups excluding carboxylic acids is 1. The number of fused-ring (bicyclic) bond motifs is 1. The quantitative estimate of drug-likeness (QED) is 0.477. The summed E-state index contributed by atoms with van der Waals surface area (Å²) in [6.45, 7) is 2.12. The van der Waals surface area contributed by atoms with Crippen molar-refractivity contribution in [3.63, 3.8) is 0 Å². The molecular formula is C22H24N6O. The van der Waals surface area contributed by atoms with Crippen LogP contribution in [0.3, 0.4) is 0 Å². The lowest BCUT2D eigenvalue weighted by Gasteiger charge is -2.23. The van der Waals surface area contributed by atoms with Crippen molar-refractivity contribution in [2.75, 3.05) is 6.54 Å². The molecule has 0 fully saturated rings. The van der Waals surface area contributed by atoms with Gasteiger partial charge in [0.1, 0.15) is 5.82 Å². The number of para-hydroxylation sites is 2. The summed E-state index contributed by atoms with van der Waals surface area (Å²) < 4.78 is 2.03. The number of nitrogens with one attached hydrogen (secondary N) is 1. The normalized spacial score (nSPS) is 11.0. The van der Waals surface area contributed by atoms with Crippen LogP contribution in [-0.4, -0.2) is 41.9 Å². The van der Waals surface area contributed by atoms with Gasteiger partial charge in [-0.15, -0.1) is 0 Å². The molecule has 7 nitrogen and oxygen atoms in total. The van der Waals surface area contributed by atoms with Crippen LogP contribution < -0.4 is 0 Å². The molecule has 0 aliphatic heterocycles. The first-order valence-corrected chi connectivity index (χ1v) is 9.84. The summed E-state index contributed by atoms with van der Waals surface area (Å²) in [7, 11) is 0. The van der Waals surface area contributed by atoms with Crippen LogP contribution in [0.1, 0.15) is 24.2 Å². The number of hydrogen-bond acceptors (Lipinski definition) is 4. The van der Waals surface area contributed by atoms with E-state index in [-0.39, 0.29) is 5.91 Å². The Kier molecular flexibility index (Phi) is 5.95. The highest BCUT2D eigenvalue weighted by atomic mass is 16.2. The first kappa shape index (κ1) is 18.9. The number of imidazole rings is 2. The number of H-pyrrole nitrogens is 1. The molecule has 3 heterocycles. The second-order valence-electron chi connectivity index (χ2n) is 7.03. The molecule has 0 saturated heterocycles. The highest BCUT2D eigenvalue weighted by Crippen LogP contribution is 2.13. The highest BCUT2D eigenvalue weighted by Gasteiger charge is 2.15. The molecule has 7 heteroatoms. The summed E-state index contributed by atoms with van der Waals surface area (Å²) in [6, 6.07) is 11.8. The van der Waals surface area contributed by atoms with Crippen molar-refractivity contribution >= 4 is 16.9 Å². The molecule has 3 aromatic heterocycles. The molecule has 0 aliphatic rings. The number of pyridine rings is 1. The fourth-order valence-corrected chi connectivity index (χ4v) is 3.37. The van der Waals surface area contributed by atoms with E-state index in [2.05, 4.69) is 19.9 Å². The van der Waals surface area contributed by atoms with Crippen LogP contribution in [0, 0.1) is 0 Å². The van der Waals surface area contributed by atoms with Gasteiger partial charge in [0, 0.05) is 57.3 Å². The number of aryl methyl sites for hydroxylation is 2. The number of carbonyl (C=O) groups is 1. The van der Waals surface area contributed by atoms with Crippen molar-refractivity contribution in [2.45, 2.75) is 32.4 Å². The van der Waals surface area contributed by atoms with Gasteiger partial charge in [-0.1, -0.05) is 12.1 Å². The molecule has 0 atom stereocenters. The molecule has 0 aliphatic carbocycles. The number of benzene rings is 1. The van der Waals surface area contributed by atoms with Gasteiger partial charge in [-0.3, -0.25) is 9.78 Å². The summed E-state index contributed by atoms with van der Waals surface area (Å²) in [5.41, 5.74) is 3.02. The number of hydrogen-bond donors (Lipinski definition) is 1. The first-order valence-electron chi connectivity index (χ1n) is 9.84. The third-order valence-electron chi connectivity index (χ3n) is 4.89. The molecule has 0 radical (unpaired) electrons. The maximum absolute atomic E-state index is 13.0. The van der Waals surface area contributed by atoms with Gasteiger partial charge in [0.15, 0.2) is 0 Å². The Labute approximate surface area is 169 Å². The minimum atomic E-state index is 0.132. The molecule has 0 unspecified atom stereocenters. The van der Waals surface area contributed by atoms with Crippen LogP contribution in [0.4, 0.5) is 0 Å². The Hall–Kier alpha value is -3.48.